The van der Waals surface area contributed by atoms with Crippen LogP contribution in [-0.2, 0) is 9.53 Å². The molecule has 0 bridgehead atoms. The lowest BCUT2D eigenvalue weighted by Gasteiger charge is -2.28. The van der Waals surface area contributed by atoms with Crippen LogP contribution in [0.1, 0.15) is 36.0 Å². The molecule has 2 fully saturated rings. The van der Waals surface area contributed by atoms with Crippen molar-refractivity contribution in [3.05, 3.63) is 36.0 Å². The third kappa shape index (κ3) is 6.10. The van der Waals surface area contributed by atoms with Crippen molar-refractivity contribution in [1.82, 2.24) is 15.3 Å². The Balaban J connectivity index is 1.32. The number of ether oxygens (including phenoxy) is 1. The first-order valence-corrected chi connectivity index (χ1v) is 11.5. The van der Waals surface area contributed by atoms with E-state index in [2.05, 4.69) is 30.8 Å². The van der Waals surface area contributed by atoms with Crippen molar-refractivity contribution in [3.8, 4) is 0 Å². The van der Waals surface area contributed by atoms with Gasteiger partial charge < -0.3 is 31.3 Å². The van der Waals surface area contributed by atoms with Gasteiger partial charge in [-0.3, -0.25) is 9.59 Å². The molecule has 1 aromatic heterocycles. The largest absolute Gasteiger partial charge is 0.378 e. The molecule has 33 heavy (non-hydrogen) atoms. The molecule has 10 heteroatoms. The molecule has 10 nitrogen and oxygen atoms in total. The second-order valence-electron chi connectivity index (χ2n) is 8.29. The number of morpholine rings is 1. The van der Waals surface area contributed by atoms with E-state index >= 15 is 0 Å². The van der Waals surface area contributed by atoms with Gasteiger partial charge in [-0.15, -0.1) is 0 Å². The van der Waals surface area contributed by atoms with E-state index in [1.165, 1.54) is 6.20 Å². The average molecular weight is 454 g/mol. The second kappa shape index (κ2) is 11.0. The molecule has 0 spiro atoms. The zero-order valence-corrected chi connectivity index (χ0v) is 18.7. The molecule has 0 radical (unpaired) electrons. The number of amides is 2. The second-order valence-corrected chi connectivity index (χ2v) is 8.29. The fourth-order valence-electron chi connectivity index (χ4n) is 3.78. The first-order valence-electron chi connectivity index (χ1n) is 11.5. The highest BCUT2D eigenvalue weighted by Gasteiger charge is 2.24. The van der Waals surface area contributed by atoms with Crippen molar-refractivity contribution < 1.29 is 14.3 Å². The third-order valence-electron chi connectivity index (χ3n) is 5.98. The van der Waals surface area contributed by atoms with Crippen LogP contribution in [0.3, 0.4) is 0 Å². The number of rotatable bonds is 10. The Kier molecular flexibility index (Phi) is 7.56. The summed E-state index contributed by atoms with van der Waals surface area (Å²) in [5, 5.41) is 9.26. The Morgan fingerprint density at radius 1 is 1.12 bits per heavy atom. The molecule has 2 heterocycles. The van der Waals surface area contributed by atoms with Crippen molar-refractivity contribution in [2.24, 2.45) is 11.7 Å². The molecule has 0 unspecified atom stereocenters. The number of nitrogens with one attached hydrogen (secondary N) is 3. The molecular weight excluding hydrogens is 422 g/mol. The summed E-state index contributed by atoms with van der Waals surface area (Å²) < 4.78 is 5.40. The minimum atomic E-state index is -0.600. The monoisotopic (exact) mass is 453 g/mol. The Hall–Kier alpha value is -3.40. The van der Waals surface area contributed by atoms with Crippen molar-refractivity contribution in [1.29, 1.82) is 0 Å². The number of nitrogens with zero attached hydrogens (tertiary/aromatic N) is 3. The Labute approximate surface area is 193 Å². The predicted molar refractivity (Wildman–Crippen MR) is 127 cm³/mol. The first kappa shape index (κ1) is 22.8. The van der Waals surface area contributed by atoms with Crippen LogP contribution in [-0.4, -0.2) is 61.2 Å². The molecule has 1 saturated heterocycles. The molecular formula is C23H31N7O3. The quantitative estimate of drug-likeness (QED) is 0.401. The molecule has 2 aromatic rings. The fourth-order valence-corrected chi connectivity index (χ4v) is 3.78. The van der Waals surface area contributed by atoms with E-state index in [1.807, 2.05) is 24.3 Å². The summed E-state index contributed by atoms with van der Waals surface area (Å²) in [5.41, 5.74) is 7.68. The Morgan fingerprint density at radius 2 is 1.88 bits per heavy atom. The molecule has 4 rings (SSSR count). The van der Waals surface area contributed by atoms with Crippen molar-refractivity contribution in [2.45, 2.75) is 25.7 Å². The number of primary amides is 1. The summed E-state index contributed by atoms with van der Waals surface area (Å²) in [7, 11) is 0. The van der Waals surface area contributed by atoms with E-state index in [0.717, 1.165) is 56.9 Å². The summed E-state index contributed by atoms with van der Waals surface area (Å²) in [5.74, 6) is 0.442. The summed E-state index contributed by atoms with van der Waals surface area (Å²) in [6.45, 7) is 4.34. The van der Waals surface area contributed by atoms with Gasteiger partial charge in [-0.2, -0.15) is 4.98 Å². The average Bonchev–Trinajstić information content (AvgIpc) is 2.79. The minimum Gasteiger partial charge on any atom is -0.378 e. The SMILES string of the molecule is NC(=O)c1cnc(Nc2ccc(N3CCOCC3)cc2)nc1NCCCNC(=O)C1CCC1. The fraction of sp³-hybridized carbons (Fsp3) is 0.478. The van der Waals surface area contributed by atoms with Gasteiger partial charge in [0, 0.05) is 49.7 Å². The van der Waals surface area contributed by atoms with Crippen molar-refractivity contribution >= 4 is 35.0 Å². The van der Waals surface area contributed by atoms with Crippen LogP contribution in [0.2, 0.25) is 0 Å². The highest BCUT2D eigenvalue weighted by atomic mass is 16.5. The van der Waals surface area contributed by atoms with Crippen LogP contribution >= 0.6 is 0 Å². The smallest absolute Gasteiger partial charge is 0.254 e. The molecule has 1 aliphatic heterocycles. The van der Waals surface area contributed by atoms with Gasteiger partial charge >= 0.3 is 0 Å². The standard InChI is InChI=1S/C23H31N7O3/c24-20(31)19-15-27-23(28-17-5-7-18(8-6-17)30-11-13-33-14-12-30)29-21(19)25-9-2-10-26-22(32)16-3-1-4-16/h5-8,15-16H,1-4,9-14H2,(H2,24,31)(H,26,32)(H2,25,27,28,29). The number of benzene rings is 1. The first-order chi connectivity index (χ1) is 16.1. The predicted octanol–water partition coefficient (Wildman–Crippen LogP) is 1.87. The molecule has 1 saturated carbocycles. The van der Waals surface area contributed by atoms with Gasteiger partial charge in [-0.1, -0.05) is 6.42 Å². The Morgan fingerprint density at radius 3 is 2.55 bits per heavy atom. The summed E-state index contributed by atoms with van der Waals surface area (Å²) in [6, 6.07) is 8.02. The minimum absolute atomic E-state index is 0.132. The lowest BCUT2D eigenvalue weighted by molar-refractivity contribution is -0.127. The lowest BCUT2D eigenvalue weighted by Crippen LogP contribution is -2.36. The molecule has 0 atom stereocenters. The highest BCUT2D eigenvalue weighted by Crippen LogP contribution is 2.26. The zero-order valence-electron chi connectivity index (χ0n) is 18.7. The number of carbonyl (C=O) groups excluding carboxylic acids is 2. The lowest BCUT2D eigenvalue weighted by atomic mass is 9.85. The van der Waals surface area contributed by atoms with Crippen molar-refractivity contribution in [2.75, 3.05) is 54.9 Å². The van der Waals surface area contributed by atoms with E-state index in [9.17, 15) is 9.59 Å². The van der Waals surface area contributed by atoms with Gasteiger partial charge in [0.25, 0.3) is 5.91 Å². The van der Waals surface area contributed by atoms with E-state index in [-0.39, 0.29) is 17.4 Å². The van der Waals surface area contributed by atoms with Gasteiger partial charge in [0.15, 0.2) is 0 Å². The maximum absolute atomic E-state index is 11.9. The van der Waals surface area contributed by atoms with Crippen LogP contribution in [0.4, 0.5) is 23.1 Å². The van der Waals surface area contributed by atoms with Crippen molar-refractivity contribution in [3.63, 3.8) is 0 Å². The zero-order chi connectivity index (χ0) is 23.0. The topological polar surface area (TPSA) is 134 Å². The third-order valence-corrected chi connectivity index (χ3v) is 5.98. The van der Waals surface area contributed by atoms with E-state index in [1.54, 1.807) is 0 Å². The number of aromatic nitrogens is 2. The van der Waals surface area contributed by atoms with Crippen LogP contribution in [0.15, 0.2) is 30.5 Å². The Bertz CT molecular complexity index is 957. The molecule has 5 N–H and O–H groups in total. The maximum atomic E-state index is 11.9. The van der Waals surface area contributed by atoms with Gasteiger partial charge in [-0.05, 0) is 43.5 Å². The maximum Gasteiger partial charge on any atom is 0.254 e. The van der Waals surface area contributed by atoms with Crippen LogP contribution in [0.5, 0.6) is 0 Å². The number of anilines is 4. The molecule has 2 amide bonds. The normalized spacial score (nSPS) is 16.1. The highest BCUT2D eigenvalue weighted by molar-refractivity contribution is 5.97. The van der Waals surface area contributed by atoms with Gasteiger partial charge in [0.2, 0.25) is 11.9 Å². The van der Waals surface area contributed by atoms with Crippen LogP contribution in [0, 0.1) is 5.92 Å². The van der Waals surface area contributed by atoms with E-state index in [4.69, 9.17) is 10.5 Å². The molecule has 176 valence electrons. The molecule has 1 aromatic carbocycles. The molecule has 1 aliphatic carbocycles. The van der Waals surface area contributed by atoms with Gasteiger partial charge in [0.1, 0.15) is 5.82 Å². The summed E-state index contributed by atoms with van der Waals surface area (Å²) >= 11 is 0. The summed E-state index contributed by atoms with van der Waals surface area (Å²) in [4.78, 5) is 34.6. The number of nitrogens with two attached hydrogens (primary N) is 1. The number of carbonyl (C=O) groups is 2. The van der Waals surface area contributed by atoms with E-state index < -0.39 is 5.91 Å². The molecule has 2 aliphatic rings. The van der Waals surface area contributed by atoms with Crippen LogP contribution in [0.25, 0.3) is 0 Å². The van der Waals surface area contributed by atoms with E-state index in [0.29, 0.717) is 31.3 Å². The van der Waals surface area contributed by atoms with Gasteiger partial charge in [0.05, 0.1) is 18.8 Å². The number of hydrogen-bond donors (Lipinski definition) is 4. The summed E-state index contributed by atoms with van der Waals surface area (Å²) in [6.07, 6.45) is 5.22. The number of hydrogen-bond acceptors (Lipinski definition) is 8. The van der Waals surface area contributed by atoms with Crippen LogP contribution < -0.4 is 26.6 Å². The van der Waals surface area contributed by atoms with Gasteiger partial charge in [-0.25, -0.2) is 4.98 Å².